The molecule has 4 aromatic carbocycles. The van der Waals surface area contributed by atoms with Crippen molar-refractivity contribution >= 4 is 101 Å². The van der Waals surface area contributed by atoms with Gasteiger partial charge in [0.05, 0.1) is 6.20 Å². The van der Waals surface area contributed by atoms with Gasteiger partial charge in [-0.25, -0.2) is 4.98 Å². The molecule has 6 N–H and O–H groups in total. The van der Waals surface area contributed by atoms with Crippen LogP contribution in [0.15, 0.2) is 132 Å². The Morgan fingerprint density at radius 1 is 0.405 bits per heavy atom. The number of nitrogens with zero attached hydrogens (tertiary/aromatic N) is 15. The topological polar surface area (TPSA) is 292 Å². The summed E-state index contributed by atoms with van der Waals surface area (Å²) in [6.45, 7) is 33.1. The second-order valence-corrected chi connectivity index (χ2v) is 35.1. The molecule has 4 unspecified atom stereocenters. The molecule has 116 heavy (non-hydrogen) atoms. The summed E-state index contributed by atoms with van der Waals surface area (Å²) in [7, 11) is 8.60. The quantitative estimate of drug-likeness (QED) is 0.0306. The average Bonchev–Trinajstić information content (AvgIpc) is 1.70. The van der Waals surface area contributed by atoms with Crippen LogP contribution in [0.4, 0.5) is 23.0 Å². The molecule has 0 radical (unpaired) electrons. The molecule has 0 saturated carbocycles. The fraction of sp³-hybridized carbons (Fsp3) is 0.494. The Bertz CT molecular complexity index is 4570. The number of aromatic nitrogens is 13. The first-order valence-corrected chi connectivity index (χ1v) is 42.3. The molecule has 8 aromatic heterocycles. The van der Waals surface area contributed by atoms with Crippen molar-refractivity contribution in [3.05, 3.63) is 173 Å². The minimum absolute atomic E-state index is 0.0197. The van der Waals surface area contributed by atoms with Crippen molar-refractivity contribution in [2.24, 2.45) is 23.7 Å². The maximum absolute atomic E-state index is 12.8. The molecule has 4 aliphatic rings. The minimum Gasteiger partial charge on any atom is -0.420 e. The summed E-state index contributed by atoms with van der Waals surface area (Å²) in [5.74, 6) is 3.42. The van der Waals surface area contributed by atoms with Gasteiger partial charge < -0.3 is 44.0 Å². The molecular formula is C89H119N21O5S. The number of hydrogen-bond donors (Lipinski definition) is 6. The van der Waals surface area contributed by atoms with Gasteiger partial charge >= 0.3 is 0 Å². The molecule has 4 fully saturated rings. The molecule has 16 rings (SSSR count). The molecule has 26 nitrogen and oxygen atoms in total. The SMILES string of the molecule is CC(CC(=O)c1cnc(N2C[C@@H](C)N(C)[C@@H](C)C2)o1)Cc1c[nH]c2ccccc12.CC(CC(=O)c1nc(N2C[C@@H](C)N(C)[C@@H](C)C2)n[nH]1)Cc1c[nH]c2ccccc12.CC(CC(=O)c1nc(N2C[C@@H](C)N(C)[C@H](C)C2)n[nH]1)Cc1c[nH]c2ccccc12.CC(CC(=O)c1nnc(N2C[C@@H](C)N(C)[C@H](C)C2)s1)Cc1c[nH]c2ccccc12. The fourth-order valence-corrected chi connectivity index (χ4v) is 17.7. The smallest absolute Gasteiger partial charge is 0.297 e. The number of carbonyl (C=O) groups excluding carboxylic acids is 4. The normalized spacial score (nSPS) is 21.6. The van der Waals surface area contributed by atoms with Crippen molar-refractivity contribution in [1.82, 2.24) is 85.1 Å². The van der Waals surface area contributed by atoms with E-state index < -0.39 is 0 Å². The Balaban J connectivity index is 0.000000135. The minimum atomic E-state index is 0.0197. The summed E-state index contributed by atoms with van der Waals surface area (Å²) in [4.78, 5) is 95.9. The van der Waals surface area contributed by atoms with Crippen LogP contribution in [0.1, 0.15) is 173 Å². The Kier molecular flexibility index (Phi) is 27.0. The number of benzene rings is 4. The van der Waals surface area contributed by atoms with Crippen molar-refractivity contribution in [1.29, 1.82) is 0 Å². The maximum Gasteiger partial charge on any atom is 0.297 e. The Hall–Kier alpha value is -10.2. The summed E-state index contributed by atoms with van der Waals surface area (Å²) in [5, 5.41) is 29.2. The number of fused-ring (bicyclic) bond motifs is 4. The standard InChI is InChI=1S/C23H30N4O2.2C22H30N6O.C22H29N5OS/c1-15(9-18-11-24-20-8-6-5-7-19(18)20)10-21(28)22-12-25-23(29-22)27-13-16(2)26(4)17(3)14-27;2*1-14(9-17-11-23-19-8-6-5-7-18(17)19)10-20(29)21-24-22(26-25-21)28-12-15(2)27(4)16(3)13-28;1-14(9-17-11-23-19-8-6-5-7-18(17)19)10-20(28)21-24-25-22(29-21)27-12-15(2)26(4)16(3)13-27/h5-8,11-12,15-17,24H,9-10,13-14H2,1-4H3;2*5-8,11,14-16,23H,9-10,12-13H2,1-4H3,(H,24,25,26);5-8,11,14-16,23H,9-10,12-13H2,1-4H3/t15?,16-,17+;14?,15-,16+;2*14?,15-,16-/m..11/s1. The summed E-state index contributed by atoms with van der Waals surface area (Å²) in [6, 6.07) is 37.1. The highest BCUT2D eigenvalue weighted by Gasteiger charge is 2.35. The number of aromatic amines is 6. The first kappa shape index (κ1) is 83.7. The Labute approximate surface area is 685 Å². The molecule has 616 valence electrons. The van der Waals surface area contributed by atoms with Gasteiger partial charge in [0.2, 0.25) is 17.0 Å². The van der Waals surface area contributed by atoms with Gasteiger partial charge in [-0.3, -0.25) is 49.0 Å². The highest BCUT2D eigenvalue weighted by Crippen LogP contribution is 2.32. The van der Waals surface area contributed by atoms with Gasteiger partial charge in [0.25, 0.3) is 6.01 Å². The van der Waals surface area contributed by atoms with E-state index in [4.69, 9.17) is 4.42 Å². The Morgan fingerprint density at radius 3 is 1.05 bits per heavy atom. The predicted molar refractivity (Wildman–Crippen MR) is 465 cm³/mol. The van der Waals surface area contributed by atoms with Gasteiger partial charge in [0.15, 0.2) is 45.5 Å². The third-order valence-corrected chi connectivity index (χ3v) is 25.6. The number of anilines is 4. The molecule has 0 aliphatic carbocycles. The van der Waals surface area contributed by atoms with E-state index in [1.807, 2.05) is 61.1 Å². The number of carbonyl (C=O) groups is 4. The number of likely N-dealkylation sites (N-methyl/N-ethyl adjacent to an activating group) is 4. The highest BCUT2D eigenvalue weighted by molar-refractivity contribution is 7.17. The number of oxazole rings is 1. The van der Waals surface area contributed by atoms with E-state index in [1.54, 1.807) is 6.20 Å². The summed E-state index contributed by atoms with van der Waals surface area (Å²) < 4.78 is 5.86. The zero-order valence-electron chi connectivity index (χ0n) is 70.5. The van der Waals surface area contributed by atoms with Gasteiger partial charge in [-0.05, 0) is 179 Å². The van der Waals surface area contributed by atoms with Crippen LogP contribution < -0.4 is 19.6 Å². The molecule has 12 aromatic rings. The fourth-order valence-electron chi connectivity index (χ4n) is 16.9. The summed E-state index contributed by atoms with van der Waals surface area (Å²) in [5.41, 5.74) is 9.56. The third-order valence-electron chi connectivity index (χ3n) is 24.6. The van der Waals surface area contributed by atoms with Crippen LogP contribution in [0.5, 0.6) is 0 Å². The Morgan fingerprint density at radius 2 is 0.707 bits per heavy atom. The zero-order chi connectivity index (χ0) is 82.2. The molecular weight excluding hydrogens is 1480 g/mol. The van der Waals surface area contributed by atoms with Crippen molar-refractivity contribution in [2.75, 3.05) is 100 Å². The maximum atomic E-state index is 12.8. The van der Waals surface area contributed by atoms with Gasteiger partial charge in [-0.15, -0.1) is 20.4 Å². The second-order valence-electron chi connectivity index (χ2n) is 34.1. The summed E-state index contributed by atoms with van der Waals surface area (Å²) in [6.07, 6.45) is 15.1. The van der Waals surface area contributed by atoms with Crippen LogP contribution in [-0.4, -0.2) is 237 Å². The lowest BCUT2D eigenvalue weighted by Gasteiger charge is -2.42. The number of Topliss-reactive ketones (excluding diaryl/α,β-unsaturated/α-hetero) is 4. The molecule has 4 aliphatic heterocycles. The number of ketones is 4. The lowest BCUT2D eigenvalue weighted by atomic mass is 9.95. The molecule has 27 heteroatoms. The molecule has 0 bridgehead atoms. The third kappa shape index (κ3) is 20.1. The first-order chi connectivity index (χ1) is 55.7. The largest absolute Gasteiger partial charge is 0.420 e. The van der Waals surface area contributed by atoms with Crippen LogP contribution >= 0.6 is 11.3 Å². The first-order valence-electron chi connectivity index (χ1n) is 41.5. The molecule has 12 atom stereocenters. The van der Waals surface area contributed by atoms with Crippen LogP contribution in [-0.2, 0) is 25.7 Å². The van der Waals surface area contributed by atoms with Crippen molar-refractivity contribution in [2.45, 2.75) is 183 Å². The molecule has 4 saturated heterocycles. The van der Waals surface area contributed by atoms with E-state index in [2.05, 4.69) is 277 Å². The second kappa shape index (κ2) is 37.4. The monoisotopic (exact) mass is 1590 g/mol. The van der Waals surface area contributed by atoms with E-state index in [-0.39, 0.29) is 46.8 Å². The number of rotatable bonds is 24. The lowest BCUT2D eigenvalue weighted by molar-refractivity contribution is 0.0932. The van der Waals surface area contributed by atoms with E-state index in [0.29, 0.717) is 114 Å². The lowest BCUT2D eigenvalue weighted by Crippen LogP contribution is -2.55. The molecule has 0 amide bonds. The summed E-state index contributed by atoms with van der Waals surface area (Å²) >= 11 is 1.43. The molecule has 0 spiro atoms. The van der Waals surface area contributed by atoms with Crippen molar-refractivity contribution in [3.63, 3.8) is 0 Å². The van der Waals surface area contributed by atoms with Gasteiger partial charge in [-0.1, -0.05) is 112 Å². The number of piperazine rings is 4. The number of H-pyrrole nitrogens is 6. The van der Waals surface area contributed by atoms with Gasteiger partial charge in [-0.2, -0.15) is 9.97 Å². The molecule has 12 heterocycles. The van der Waals surface area contributed by atoms with E-state index in [1.165, 1.54) is 55.1 Å². The number of hydrogen-bond acceptors (Lipinski definition) is 21. The van der Waals surface area contributed by atoms with Gasteiger partial charge in [0.1, 0.15) is 0 Å². The van der Waals surface area contributed by atoms with Crippen LogP contribution in [0.2, 0.25) is 0 Å². The van der Waals surface area contributed by atoms with Crippen molar-refractivity contribution < 1.29 is 23.6 Å². The van der Waals surface area contributed by atoms with E-state index in [0.717, 1.165) is 105 Å². The predicted octanol–water partition coefficient (Wildman–Crippen LogP) is 14.7. The van der Waals surface area contributed by atoms with Crippen molar-refractivity contribution in [3.8, 4) is 0 Å². The van der Waals surface area contributed by atoms with Crippen LogP contribution in [0.25, 0.3) is 43.6 Å². The van der Waals surface area contributed by atoms with Gasteiger partial charge in [0, 0.05) is 195 Å². The van der Waals surface area contributed by atoms with Crippen LogP contribution in [0.3, 0.4) is 0 Å². The number of para-hydroxylation sites is 4. The average molecular weight is 1600 g/mol. The number of nitrogens with one attached hydrogen (secondary N) is 6. The highest BCUT2D eigenvalue weighted by atomic mass is 32.1. The van der Waals surface area contributed by atoms with E-state index >= 15 is 0 Å². The zero-order valence-corrected chi connectivity index (χ0v) is 71.3. The van der Waals surface area contributed by atoms with Crippen LogP contribution in [0, 0.1) is 23.7 Å². The van der Waals surface area contributed by atoms with E-state index in [9.17, 15) is 19.2 Å².